The molecule has 0 spiro atoms. The number of thiophene rings is 1. The first-order valence-electron chi connectivity index (χ1n) is 6.58. The molecular formula is C15H18N2O3S. The fourth-order valence-electron chi connectivity index (χ4n) is 1.94. The van der Waals surface area contributed by atoms with E-state index in [0.29, 0.717) is 16.3 Å². The monoisotopic (exact) mass is 306 g/mol. The molecule has 112 valence electrons. The third-order valence-electron chi connectivity index (χ3n) is 3.13. The van der Waals surface area contributed by atoms with Gasteiger partial charge in [-0.2, -0.15) is 0 Å². The van der Waals surface area contributed by atoms with E-state index in [0.717, 1.165) is 5.76 Å². The molecule has 0 saturated carbocycles. The van der Waals surface area contributed by atoms with Crippen molar-refractivity contribution in [3.63, 3.8) is 0 Å². The van der Waals surface area contributed by atoms with Gasteiger partial charge in [-0.3, -0.25) is 14.5 Å². The number of hydrogen-bond acceptors (Lipinski definition) is 5. The normalized spacial score (nSPS) is 12.4. The maximum atomic E-state index is 12.1. The van der Waals surface area contributed by atoms with E-state index >= 15 is 0 Å². The van der Waals surface area contributed by atoms with E-state index in [1.54, 1.807) is 18.4 Å². The third-order valence-corrected chi connectivity index (χ3v) is 4.31. The predicted octanol–water partition coefficient (Wildman–Crippen LogP) is 2.58. The van der Waals surface area contributed by atoms with E-state index in [9.17, 15) is 9.59 Å². The minimum absolute atomic E-state index is 0.0270. The summed E-state index contributed by atoms with van der Waals surface area (Å²) in [4.78, 5) is 26.5. The molecule has 0 aliphatic heterocycles. The van der Waals surface area contributed by atoms with Crippen LogP contribution in [0.4, 0.5) is 0 Å². The smallest absolute Gasteiger partial charge is 0.261 e. The van der Waals surface area contributed by atoms with E-state index in [-0.39, 0.29) is 17.7 Å². The minimum Gasteiger partial charge on any atom is -0.468 e. The van der Waals surface area contributed by atoms with Gasteiger partial charge in [0.15, 0.2) is 5.78 Å². The Morgan fingerprint density at radius 3 is 2.52 bits per heavy atom. The van der Waals surface area contributed by atoms with Crippen molar-refractivity contribution >= 4 is 23.0 Å². The zero-order valence-corrected chi connectivity index (χ0v) is 13.1. The quantitative estimate of drug-likeness (QED) is 0.833. The number of ketones is 1. The summed E-state index contributed by atoms with van der Waals surface area (Å²) >= 11 is 1.21. The van der Waals surface area contributed by atoms with Crippen molar-refractivity contribution in [2.75, 3.05) is 20.6 Å². The molecule has 21 heavy (non-hydrogen) atoms. The molecule has 2 aromatic heterocycles. The Balaban J connectivity index is 2.00. The van der Waals surface area contributed by atoms with Crippen molar-refractivity contribution in [1.82, 2.24) is 10.2 Å². The van der Waals surface area contributed by atoms with Crippen molar-refractivity contribution in [1.29, 1.82) is 0 Å². The Kier molecular flexibility index (Phi) is 4.93. The van der Waals surface area contributed by atoms with Gasteiger partial charge in [0.2, 0.25) is 0 Å². The second-order valence-electron chi connectivity index (χ2n) is 4.92. The zero-order chi connectivity index (χ0) is 15.4. The molecule has 1 amide bonds. The summed E-state index contributed by atoms with van der Waals surface area (Å²) in [6.07, 6.45) is 1.62. The number of hydrogen-bond donors (Lipinski definition) is 1. The van der Waals surface area contributed by atoms with Crippen LogP contribution in [-0.2, 0) is 0 Å². The van der Waals surface area contributed by atoms with Crippen LogP contribution in [0.25, 0.3) is 0 Å². The molecule has 0 bridgehead atoms. The number of likely N-dealkylation sites (N-methyl/N-ethyl adjacent to an activating group) is 1. The van der Waals surface area contributed by atoms with Crippen molar-refractivity contribution in [2.45, 2.75) is 13.0 Å². The van der Waals surface area contributed by atoms with Crippen LogP contribution in [0.3, 0.4) is 0 Å². The lowest BCUT2D eigenvalue weighted by molar-refractivity contribution is 0.0942. The van der Waals surface area contributed by atoms with Gasteiger partial charge in [-0.25, -0.2) is 0 Å². The number of rotatable bonds is 6. The van der Waals surface area contributed by atoms with Crippen molar-refractivity contribution < 1.29 is 14.0 Å². The second-order valence-corrected chi connectivity index (χ2v) is 6.01. The first-order chi connectivity index (χ1) is 9.99. The van der Waals surface area contributed by atoms with Gasteiger partial charge in [0.25, 0.3) is 5.91 Å². The summed E-state index contributed by atoms with van der Waals surface area (Å²) in [6.45, 7) is 1.93. The Morgan fingerprint density at radius 1 is 1.29 bits per heavy atom. The Bertz CT molecular complexity index is 617. The maximum absolute atomic E-state index is 12.1. The van der Waals surface area contributed by atoms with Crippen molar-refractivity contribution in [2.24, 2.45) is 0 Å². The molecule has 2 aromatic rings. The molecule has 2 heterocycles. The van der Waals surface area contributed by atoms with Gasteiger partial charge in [0.1, 0.15) is 5.76 Å². The topological polar surface area (TPSA) is 62.6 Å². The zero-order valence-electron chi connectivity index (χ0n) is 12.3. The molecule has 0 aliphatic carbocycles. The number of nitrogens with one attached hydrogen (secondary N) is 1. The first kappa shape index (κ1) is 15.5. The summed E-state index contributed by atoms with van der Waals surface area (Å²) < 4.78 is 5.40. The summed E-state index contributed by atoms with van der Waals surface area (Å²) in [5.41, 5.74) is 0. The highest BCUT2D eigenvalue weighted by molar-refractivity contribution is 7.15. The molecule has 0 radical (unpaired) electrons. The summed E-state index contributed by atoms with van der Waals surface area (Å²) in [7, 11) is 3.86. The molecule has 0 saturated heterocycles. The summed E-state index contributed by atoms with van der Waals surface area (Å²) in [6, 6.07) is 7.03. The standard InChI is InChI=1S/C15H18N2O3S/c1-10(18)13-6-7-14(21-13)15(19)16-9-11(17(2)3)12-5-4-8-20-12/h4-8,11H,9H2,1-3H3,(H,16,19)/t11-/m1/s1. The van der Waals surface area contributed by atoms with Gasteiger partial charge in [0.05, 0.1) is 22.1 Å². The number of nitrogens with zero attached hydrogens (tertiary/aromatic N) is 1. The lowest BCUT2D eigenvalue weighted by atomic mass is 10.2. The van der Waals surface area contributed by atoms with Crippen LogP contribution in [0, 0.1) is 0 Å². The van der Waals surface area contributed by atoms with Crippen LogP contribution in [0.2, 0.25) is 0 Å². The van der Waals surface area contributed by atoms with Crippen LogP contribution in [0.5, 0.6) is 0 Å². The molecule has 0 aromatic carbocycles. The fourth-order valence-corrected chi connectivity index (χ4v) is 2.76. The SMILES string of the molecule is CC(=O)c1ccc(C(=O)NC[C@H](c2ccco2)N(C)C)s1. The Labute approximate surface area is 127 Å². The van der Waals surface area contributed by atoms with Crippen LogP contribution in [-0.4, -0.2) is 37.2 Å². The van der Waals surface area contributed by atoms with Crippen LogP contribution < -0.4 is 5.32 Å². The number of carbonyl (C=O) groups is 2. The highest BCUT2D eigenvalue weighted by atomic mass is 32.1. The van der Waals surface area contributed by atoms with Crippen molar-refractivity contribution in [3.8, 4) is 0 Å². The molecule has 1 atom stereocenters. The van der Waals surface area contributed by atoms with Crippen LogP contribution in [0.15, 0.2) is 34.9 Å². The molecule has 6 heteroatoms. The highest BCUT2D eigenvalue weighted by Gasteiger charge is 2.19. The molecule has 2 rings (SSSR count). The van der Waals surface area contributed by atoms with Gasteiger partial charge >= 0.3 is 0 Å². The summed E-state index contributed by atoms with van der Waals surface area (Å²) in [5.74, 6) is 0.600. The summed E-state index contributed by atoms with van der Waals surface area (Å²) in [5, 5.41) is 2.88. The molecule has 5 nitrogen and oxygen atoms in total. The number of amides is 1. The van der Waals surface area contributed by atoms with Gasteiger partial charge in [-0.1, -0.05) is 0 Å². The van der Waals surface area contributed by atoms with E-state index in [1.165, 1.54) is 18.3 Å². The molecule has 0 aliphatic rings. The number of carbonyl (C=O) groups excluding carboxylic acids is 2. The average molecular weight is 306 g/mol. The molecule has 0 unspecified atom stereocenters. The van der Waals surface area contributed by atoms with E-state index < -0.39 is 0 Å². The van der Waals surface area contributed by atoms with Crippen LogP contribution in [0.1, 0.15) is 38.1 Å². The van der Waals surface area contributed by atoms with Gasteiger partial charge in [-0.05, 0) is 45.3 Å². The fraction of sp³-hybridized carbons (Fsp3) is 0.333. The first-order valence-corrected chi connectivity index (χ1v) is 7.39. The Hall–Kier alpha value is -1.92. The average Bonchev–Trinajstić information content (AvgIpc) is 3.09. The van der Waals surface area contributed by atoms with E-state index in [4.69, 9.17) is 4.42 Å². The molecule has 1 N–H and O–H groups in total. The number of Topliss-reactive ketones (excluding diaryl/α,β-unsaturated/α-hetero) is 1. The lowest BCUT2D eigenvalue weighted by Gasteiger charge is -2.22. The van der Waals surface area contributed by atoms with Gasteiger partial charge < -0.3 is 9.73 Å². The predicted molar refractivity (Wildman–Crippen MR) is 81.8 cm³/mol. The Morgan fingerprint density at radius 2 is 2.00 bits per heavy atom. The van der Waals surface area contributed by atoms with E-state index in [2.05, 4.69) is 5.32 Å². The minimum atomic E-state index is -0.175. The number of furan rings is 1. The molecular weight excluding hydrogens is 288 g/mol. The maximum Gasteiger partial charge on any atom is 0.261 e. The van der Waals surface area contributed by atoms with Crippen molar-refractivity contribution in [3.05, 3.63) is 46.0 Å². The second kappa shape index (κ2) is 6.69. The molecule has 0 fully saturated rings. The lowest BCUT2D eigenvalue weighted by Crippen LogP contribution is -2.34. The highest BCUT2D eigenvalue weighted by Crippen LogP contribution is 2.19. The van der Waals surface area contributed by atoms with Gasteiger partial charge in [-0.15, -0.1) is 11.3 Å². The van der Waals surface area contributed by atoms with Gasteiger partial charge in [0, 0.05) is 6.54 Å². The van der Waals surface area contributed by atoms with Crippen LogP contribution >= 0.6 is 11.3 Å². The third kappa shape index (κ3) is 3.80. The largest absolute Gasteiger partial charge is 0.468 e. The van der Waals surface area contributed by atoms with E-state index in [1.807, 2.05) is 31.1 Å².